The first-order chi connectivity index (χ1) is 8.06. The van der Waals surface area contributed by atoms with Gasteiger partial charge >= 0.3 is 0 Å². The fraction of sp³-hybridized carbons (Fsp3) is 0.786. The minimum atomic E-state index is -0.731. The predicted molar refractivity (Wildman–Crippen MR) is 69.7 cm³/mol. The second-order valence-electron chi connectivity index (χ2n) is 5.30. The number of rotatable bonds is 7. The summed E-state index contributed by atoms with van der Waals surface area (Å²) in [4.78, 5) is 11.8. The van der Waals surface area contributed by atoms with E-state index in [1.165, 1.54) is 0 Å². The third kappa shape index (κ3) is 5.35. The van der Waals surface area contributed by atoms with Crippen LogP contribution in [0.4, 0.5) is 0 Å². The molecule has 1 fully saturated rings. The normalized spacial score (nSPS) is 19.9. The predicted octanol–water partition coefficient (Wildman–Crippen LogP) is 2.54. The highest BCUT2D eigenvalue weighted by molar-refractivity contribution is 5.77. The van der Waals surface area contributed by atoms with Crippen molar-refractivity contribution >= 4 is 5.91 Å². The standard InChI is InChI=1S/C14H25NO2/c1-3-4-5-8-12(2)15-13(16)11-14(17)9-6-7-10-14/h3,12,17H,1,4-11H2,2H3,(H,15,16). The van der Waals surface area contributed by atoms with Crippen molar-refractivity contribution in [3.05, 3.63) is 12.7 Å². The number of carbonyl (C=O) groups is 1. The molecule has 0 aromatic carbocycles. The Balaban J connectivity index is 2.21. The molecular formula is C14H25NO2. The molecule has 0 bridgehead atoms. The summed E-state index contributed by atoms with van der Waals surface area (Å²) < 4.78 is 0. The summed E-state index contributed by atoms with van der Waals surface area (Å²) in [5.41, 5.74) is -0.731. The summed E-state index contributed by atoms with van der Waals surface area (Å²) in [5.74, 6) is -0.0134. The average Bonchev–Trinajstić information content (AvgIpc) is 2.64. The van der Waals surface area contributed by atoms with E-state index in [1.807, 2.05) is 13.0 Å². The summed E-state index contributed by atoms with van der Waals surface area (Å²) in [6, 6.07) is 0.187. The molecule has 0 aromatic rings. The minimum Gasteiger partial charge on any atom is -0.389 e. The maximum absolute atomic E-state index is 11.8. The van der Waals surface area contributed by atoms with E-state index in [2.05, 4.69) is 11.9 Å². The molecule has 1 atom stereocenters. The maximum atomic E-state index is 11.8. The van der Waals surface area contributed by atoms with Crippen LogP contribution >= 0.6 is 0 Å². The molecular weight excluding hydrogens is 214 g/mol. The van der Waals surface area contributed by atoms with E-state index < -0.39 is 5.60 Å². The largest absolute Gasteiger partial charge is 0.389 e. The Morgan fingerprint density at radius 1 is 1.53 bits per heavy atom. The van der Waals surface area contributed by atoms with E-state index >= 15 is 0 Å². The fourth-order valence-electron chi connectivity index (χ4n) is 2.48. The molecule has 3 heteroatoms. The highest BCUT2D eigenvalue weighted by atomic mass is 16.3. The maximum Gasteiger partial charge on any atom is 0.223 e. The monoisotopic (exact) mass is 239 g/mol. The first-order valence-corrected chi connectivity index (χ1v) is 6.68. The molecule has 1 aliphatic carbocycles. The zero-order chi connectivity index (χ0) is 12.7. The molecule has 98 valence electrons. The molecule has 1 saturated carbocycles. The summed E-state index contributed by atoms with van der Waals surface area (Å²) in [5, 5.41) is 13.1. The van der Waals surface area contributed by atoms with Gasteiger partial charge in [0.15, 0.2) is 0 Å². The molecule has 0 saturated heterocycles. The second-order valence-corrected chi connectivity index (χ2v) is 5.30. The van der Waals surface area contributed by atoms with Crippen molar-refractivity contribution < 1.29 is 9.90 Å². The van der Waals surface area contributed by atoms with Gasteiger partial charge in [-0.2, -0.15) is 0 Å². The van der Waals surface area contributed by atoms with Gasteiger partial charge in [-0.3, -0.25) is 4.79 Å². The number of unbranched alkanes of at least 4 members (excludes halogenated alkanes) is 1. The molecule has 1 unspecified atom stereocenters. The van der Waals surface area contributed by atoms with Gasteiger partial charge in [-0.25, -0.2) is 0 Å². The summed E-state index contributed by atoms with van der Waals surface area (Å²) >= 11 is 0. The minimum absolute atomic E-state index is 0.0134. The molecule has 2 N–H and O–H groups in total. The van der Waals surface area contributed by atoms with Crippen molar-refractivity contribution in [2.24, 2.45) is 0 Å². The van der Waals surface area contributed by atoms with Crippen molar-refractivity contribution in [2.45, 2.75) is 69.9 Å². The molecule has 0 spiro atoms. The lowest BCUT2D eigenvalue weighted by atomic mass is 9.97. The quantitative estimate of drug-likeness (QED) is 0.530. The number of amides is 1. The van der Waals surface area contributed by atoms with E-state index in [-0.39, 0.29) is 18.4 Å². The van der Waals surface area contributed by atoms with Crippen molar-refractivity contribution in [1.82, 2.24) is 5.32 Å². The van der Waals surface area contributed by atoms with Crippen LogP contribution in [0.2, 0.25) is 0 Å². The molecule has 1 aliphatic rings. The molecule has 1 amide bonds. The lowest BCUT2D eigenvalue weighted by Crippen LogP contribution is -2.38. The van der Waals surface area contributed by atoms with Gasteiger partial charge in [-0.15, -0.1) is 6.58 Å². The van der Waals surface area contributed by atoms with Crippen molar-refractivity contribution in [1.29, 1.82) is 0 Å². The summed E-state index contributed by atoms with van der Waals surface area (Å²) in [6.45, 7) is 5.69. The Labute approximate surface area is 104 Å². The lowest BCUT2D eigenvalue weighted by molar-refractivity contribution is -0.126. The Bertz CT molecular complexity index is 257. The third-order valence-electron chi connectivity index (χ3n) is 3.48. The lowest BCUT2D eigenvalue weighted by Gasteiger charge is -2.22. The van der Waals surface area contributed by atoms with Gasteiger partial charge in [0.1, 0.15) is 0 Å². The Morgan fingerprint density at radius 2 is 2.18 bits per heavy atom. The van der Waals surface area contributed by atoms with Crippen LogP contribution in [0.15, 0.2) is 12.7 Å². The van der Waals surface area contributed by atoms with E-state index in [0.29, 0.717) is 0 Å². The van der Waals surface area contributed by atoms with Gasteiger partial charge in [0.25, 0.3) is 0 Å². The van der Waals surface area contributed by atoms with Crippen LogP contribution in [0.1, 0.15) is 58.3 Å². The van der Waals surface area contributed by atoms with Gasteiger partial charge in [-0.1, -0.05) is 18.9 Å². The van der Waals surface area contributed by atoms with E-state index in [9.17, 15) is 9.90 Å². The fourth-order valence-corrected chi connectivity index (χ4v) is 2.48. The topological polar surface area (TPSA) is 49.3 Å². The van der Waals surface area contributed by atoms with Crippen LogP contribution in [-0.4, -0.2) is 22.7 Å². The van der Waals surface area contributed by atoms with E-state index in [1.54, 1.807) is 0 Å². The van der Waals surface area contributed by atoms with Crippen molar-refractivity contribution in [2.75, 3.05) is 0 Å². The Kier molecular flexibility index (Phi) is 5.69. The van der Waals surface area contributed by atoms with Crippen LogP contribution < -0.4 is 5.32 Å². The second kappa shape index (κ2) is 6.80. The van der Waals surface area contributed by atoms with Crippen LogP contribution in [0.5, 0.6) is 0 Å². The van der Waals surface area contributed by atoms with Crippen LogP contribution in [0.3, 0.4) is 0 Å². The molecule has 0 aromatic heterocycles. The molecule has 3 nitrogen and oxygen atoms in total. The van der Waals surface area contributed by atoms with Crippen molar-refractivity contribution in [3.8, 4) is 0 Å². The smallest absolute Gasteiger partial charge is 0.223 e. The first-order valence-electron chi connectivity index (χ1n) is 6.68. The highest BCUT2D eigenvalue weighted by Gasteiger charge is 2.33. The van der Waals surface area contributed by atoms with Crippen LogP contribution in [-0.2, 0) is 4.79 Å². The van der Waals surface area contributed by atoms with Crippen LogP contribution in [0, 0.1) is 0 Å². The molecule has 0 aliphatic heterocycles. The molecule has 0 radical (unpaired) electrons. The Morgan fingerprint density at radius 3 is 2.76 bits per heavy atom. The highest BCUT2D eigenvalue weighted by Crippen LogP contribution is 2.32. The summed E-state index contributed by atoms with van der Waals surface area (Å²) in [7, 11) is 0. The first kappa shape index (κ1) is 14.2. The van der Waals surface area contributed by atoms with Crippen LogP contribution in [0.25, 0.3) is 0 Å². The Hall–Kier alpha value is -0.830. The third-order valence-corrected chi connectivity index (χ3v) is 3.48. The van der Waals surface area contributed by atoms with E-state index in [4.69, 9.17) is 0 Å². The van der Waals surface area contributed by atoms with Gasteiger partial charge in [-0.05, 0) is 39.0 Å². The number of hydrogen-bond donors (Lipinski definition) is 2. The van der Waals surface area contributed by atoms with Gasteiger partial charge in [0, 0.05) is 6.04 Å². The number of hydrogen-bond acceptors (Lipinski definition) is 2. The number of allylic oxidation sites excluding steroid dienone is 1. The number of carbonyl (C=O) groups excluding carboxylic acids is 1. The van der Waals surface area contributed by atoms with Gasteiger partial charge < -0.3 is 10.4 Å². The number of nitrogens with one attached hydrogen (secondary N) is 1. The zero-order valence-electron chi connectivity index (χ0n) is 10.9. The summed E-state index contributed by atoms with van der Waals surface area (Å²) in [6.07, 6.45) is 8.79. The van der Waals surface area contributed by atoms with Crippen molar-refractivity contribution in [3.63, 3.8) is 0 Å². The van der Waals surface area contributed by atoms with Gasteiger partial charge in [0.2, 0.25) is 5.91 Å². The van der Waals surface area contributed by atoms with E-state index in [0.717, 1.165) is 44.9 Å². The zero-order valence-corrected chi connectivity index (χ0v) is 10.9. The molecule has 1 rings (SSSR count). The average molecular weight is 239 g/mol. The molecule has 0 heterocycles. The van der Waals surface area contributed by atoms with Gasteiger partial charge in [0.05, 0.1) is 12.0 Å². The molecule has 17 heavy (non-hydrogen) atoms. The number of aliphatic hydroxyl groups is 1. The SMILES string of the molecule is C=CCCCC(C)NC(=O)CC1(O)CCCC1.